The Morgan fingerprint density at radius 2 is 1.88 bits per heavy atom. The van der Waals surface area contributed by atoms with Gasteiger partial charge in [-0.15, -0.1) is 0 Å². The molecule has 0 aliphatic rings. The van der Waals surface area contributed by atoms with E-state index in [2.05, 4.69) is 15.4 Å². The molecule has 2 aromatic carbocycles. The second-order valence-electron chi connectivity index (χ2n) is 7.89. The number of pyridine rings is 1. The van der Waals surface area contributed by atoms with Gasteiger partial charge >= 0.3 is 0 Å². The SMILES string of the molecule is Cc1cccc(-c2nn(-c3ccc(F)cc3)cc2C(=O)NCCc2cn3ccccc3n2)c1. The fourth-order valence-corrected chi connectivity index (χ4v) is 3.78. The van der Waals surface area contributed by atoms with Crippen LogP contribution in [0.3, 0.4) is 0 Å². The molecule has 7 heteroatoms. The lowest BCUT2D eigenvalue weighted by atomic mass is 10.1. The highest BCUT2D eigenvalue weighted by molar-refractivity contribution is 6.00. The number of aromatic nitrogens is 4. The molecule has 0 unspecified atom stereocenters. The van der Waals surface area contributed by atoms with Crippen LogP contribution < -0.4 is 5.32 Å². The van der Waals surface area contributed by atoms with E-state index < -0.39 is 0 Å². The lowest BCUT2D eigenvalue weighted by molar-refractivity contribution is 0.0954. The van der Waals surface area contributed by atoms with Crippen molar-refractivity contribution in [2.45, 2.75) is 13.3 Å². The molecule has 0 aliphatic carbocycles. The Morgan fingerprint density at radius 3 is 2.67 bits per heavy atom. The summed E-state index contributed by atoms with van der Waals surface area (Å²) < 4.78 is 16.9. The first-order valence-corrected chi connectivity index (χ1v) is 10.7. The summed E-state index contributed by atoms with van der Waals surface area (Å²) in [5, 5.41) is 7.64. The molecule has 3 aromatic heterocycles. The molecule has 6 nitrogen and oxygen atoms in total. The van der Waals surface area contributed by atoms with Crippen LogP contribution in [0.25, 0.3) is 22.6 Å². The topological polar surface area (TPSA) is 64.2 Å². The van der Waals surface area contributed by atoms with E-state index in [1.165, 1.54) is 12.1 Å². The van der Waals surface area contributed by atoms with Gasteiger partial charge in [0.2, 0.25) is 0 Å². The average Bonchev–Trinajstić information content (AvgIpc) is 3.44. The normalized spacial score (nSPS) is 11.1. The fraction of sp³-hybridized carbons (Fsp3) is 0.115. The second kappa shape index (κ2) is 8.70. The zero-order valence-electron chi connectivity index (χ0n) is 18.1. The van der Waals surface area contributed by atoms with Gasteiger partial charge in [-0.3, -0.25) is 4.79 Å². The van der Waals surface area contributed by atoms with Crippen LogP contribution in [-0.2, 0) is 6.42 Å². The summed E-state index contributed by atoms with van der Waals surface area (Å²) in [6, 6.07) is 19.7. The van der Waals surface area contributed by atoms with Gasteiger partial charge in [0.25, 0.3) is 5.91 Å². The monoisotopic (exact) mass is 439 g/mol. The van der Waals surface area contributed by atoms with Crippen molar-refractivity contribution in [2.24, 2.45) is 0 Å². The van der Waals surface area contributed by atoms with Crippen molar-refractivity contribution < 1.29 is 9.18 Å². The number of hydrogen-bond donors (Lipinski definition) is 1. The Kier molecular flexibility index (Phi) is 5.44. The van der Waals surface area contributed by atoms with Gasteiger partial charge in [-0.05, 0) is 49.4 Å². The smallest absolute Gasteiger partial charge is 0.255 e. The summed E-state index contributed by atoms with van der Waals surface area (Å²) in [6.07, 6.45) is 6.21. The van der Waals surface area contributed by atoms with E-state index in [0.29, 0.717) is 29.9 Å². The van der Waals surface area contributed by atoms with Crippen LogP contribution in [0.15, 0.2) is 85.3 Å². The Morgan fingerprint density at radius 1 is 1.03 bits per heavy atom. The standard InChI is InChI=1S/C26H22FN5O/c1-18-5-4-6-19(15-18)25-23(17-32(30-25)22-10-8-20(27)9-11-22)26(33)28-13-12-21-16-31-14-3-2-7-24(31)29-21/h2-11,14-17H,12-13H2,1H3,(H,28,33). The molecule has 0 fully saturated rings. The zero-order valence-corrected chi connectivity index (χ0v) is 18.1. The molecule has 5 rings (SSSR count). The van der Waals surface area contributed by atoms with E-state index in [1.54, 1.807) is 23.0 Å². The van der Waals surface area contributed by atoms with Gasteiger partial charge < -0.3 is 9.72 Å². The van der Waals surface area contributed by atoms with Crippen molar-refractivity contribution in [3.8, 4) is 16.9 Å². The number of carbonyl (C=O) groups is 1. The largest absolute Gasteiger partial charge is 0.352 e. The first-order valence-electron chi connectivity index (χ1n) is 10.7. The summed E-state index contributed by atoms with van der Waals surface area (Å²) in [5.74, 6) is -0.543. The first kappa shape index (κ1) is 20.6. The summed E-state index contributed by atoms with van der Waals surface area (Å²) in [5.41, 5.74) is 5.41. The molecular formula is C26H22FN5O. The summed E-state index contributed by atoms with van der Waals surface area (Å²) >= 11 is 0. The average molecular weight is 439 g/mol. The zero-order chi connectivity index (χ0) is 22.8. The molecule has 33 heavy (non-hydrogen) atoms. The highest BCUT2D eigenvalue weighted by atomic mass is 19.1. The van der Waals surface area contributed by atoms with Gasteiger partial charge in [0.15, 0.2) is 0 Å². The van der Waals surface area contributed by atoms with Crippen LogP contribution in [0.5, 0.6) is 0 Å². The van der Waals surface area contributed by atoms with E-state index in [4.69, 9.17) is 0 Å². The van der Waals surface area contributed by atoms with E-state index in [-0.39, 0.29) is 11.7 Å². The van der Waals surface area contributed by atoms with Crippen LogP contribution in [-0.4, -0.2) is 31.6 Å². The molecule has 0 atom stereocenters. The Balaban J connectivity index is 1.40. The molecule has 3 heterocycles. The maximum Gasteiger partial charge on any atom is 0.255 e. The van der Waals surface area contributed by atoms with Crippen LogP contribution in [0.4, 0.5) is 4.39 Å². The Labute approximate surface area is 190 Å². The van der Waals surface area contributed by atoms with Crippen molar-refractivity contribution in [2.75, 3.05) is 6.54 Å². The summed E-state index contributed by atoms with van der Waals surface area (Å²) in [6.45, 7) is 2.44. The molecule has 0 saturated heterocycles. The van der Waals surface area contributed by atoms with Gasteiger partial charge in [0.1, 0.15) is 17.2 Å². The number of nitrogens with one attached hydrogen (secondary N) is 1. The third-order valence-corrected chi connectivity index (χ3v) is 5.42. The van der Waals surface area contributed by atoms with Crippen LogP contribution >= 0.6 is 0 Å². The first-order chi connectivity index (χ1) is 16.1. The van der Waals surface area contributed by atoms with Crippen LogP contribution in [0.2, 0.25) is 0 Å². The molecule has 0 saturated carbocycles. The van der Waals surface area contributed by atoms with Gasteiger partial charge in [-0.25, -0.2) is 14.1 Å². The molecule has 0 bridgehead atoms. The molecule has 1 amide bonds. The van der Waals surface area contributed by atoms with Crippen molar-refractivity contribution in [1.82, 2.24) is 24.5 Å². The number of rotatable bonds is 6. The number of carbonyl (C=O) groups excluding carboxylic acids is 1. The minimum atomic E-state index is -0.324. The highest BCUT2D eigenvalue weighted by Gasteiger charge is 2.19. The number of nitrogens with zero attached hydrogens (tertiary/aromatic N) is 4. The maximum atomic E-state index is 13.4. The molecule has 1 N–H and O–H groups in total. The highest BCUT2D eigenvalue weighted by Crippen LogP contribution is 2.25. The number of hydrogen-bond acceptors (Lipinski definition) is 3. The number of imidazole rings is 1. The Bertz CT molecular complexity index is 1400. The predicted octanol–water partition coefficient (Wildman–Crippen LogP) is 4.61. The minimum absolute atomic E-state index is 0.219. The second-order valence-corrected chi connectivity index (χ2v) is 7.89. The van der Waals surface area contributed by atoms with Crippen molar-refractivity contribution in [3.05, 3.63) is 108 Å². The van der Waals surface area contributed by atoms with Gasteiger partial charge in [0.05, 0.1) is 16.9 Å². The quantitative estimate of drug-likeness (QED) is 0.420. The Hall–Kier alpha value is -4.26. The van der Waals surface area contributed by atoms with E-state index in [1.807, 2.05) is 66.2 Å². The predicted molar refractivity (Wildman–Crippen MR) is 125 cm³/mol. The third kappa shape index (κ3) is 4.39. The lowest BCUT2D eigenvalue weighted by Crippen LogP contribution is -2.26. The lowest BCUT2D eigenvalue weighted by Gasteiger charge is -2.05. The molecule has 0 radical (unpaired) electrons. The maximum absolute atomic E-state index is 13.4. The molecule has 164 valence electrons. The summed E-state index contributed by atoms with van der Waals surface area (Å²) in [7, 11) is 0. The van der Waals surface area contributed by atoms with Gasteiger partial charge in [-0.2, -0.15) is 5.10 Å². The van der Waals surface area contributed by atoms with Crippen molar-refractivity contribution in [1.29, 1.82) is 0 Å². The van der Waals surface area contributed by atoms with Crippen LogP contribution in [0, 0.1) is 12.7 Å². The minimum Gasteiger partial charge on any atom is -0.352 e. The fourth-order valence-electron chi connectivity index (χ4n) is 3.78. The van der Waals surface area contributed by atoms with E-state index in [9.17, 15) is 9.18 Å². The number of benzene rings is 2. The van der Waals surface area contributed by atoms with E-state index in [0.717, 1.165) is 22.5 Å². The number of amides is 1. The third-order valence-electron chi connectivity index (χ3n) is 5.42. The van der Waals surface area contributed by atoms with Crippen molar-refractivity contribution >= 4 is 11.6 Å². The van der Waals surface area contributed by atoms with Crippen molar-refractivity contribution in [3.63, 3.8) is 0 Å². The molecule has 0 aliphatic heterocycles. The van der Waals surface area contributed by atoms with Gasteiger partial charge in [0, 0.05) is 37.1 Å². The number of fused-ring (bicyclic) bond motifs is 1. The molecule has 5 aromatic rings. The van der Waals surface area contributed by atoms with Crippen LogP contribution in [0.1, 0.15) is 21.6 Å². The van der Waals surface area contributed by atoms with Gasteiger partial charge in [-0.1, -0.05) is 29.8 Å². The molecular weight excluding hydrogens is 417 g/mol. The van der Waals surface area contributed by atoms with E-state index >= 15 is 0 Å². The number of aryl methyl sites for hydroxylation is 1. The molecule has 0 spiro atoms. The summed E-state index contributed by atoms with van der Waals surface area (Å²) in [4.78, 5) is 17.7. The number of halogens is 1.